The van der Waals surface area contributed by atoms with Crippen LogP contribution in [-0.2, 0) is 9.59 Å². The van der Waals surface area contributed by atoms with Crippen molar-refractivity contribution in [1.82, 2.24) is 0 Å². The van der Waals surface area contributed by atoms with Crippen LogP contribution in [0.2, 0.25) is 0 Å². The van der Waals surface area contributed by atoms with Gasteiger partial charge in [0.05, 0.1) is 0 Å². The van der Waals surface area contributed by atoms with Crippen LogP contribution in [0.5, 0.6) is 0 Å². The largest absolute Gasteiger partial charge is 0.550 e. The fourth-order valence-electron chi connectivity index (χ4n) is 2.62. The van der Waals surface area contributed by atoms with E-state index in [-0.39, 0.29) is 12.3 Å². The number of hydrogen-bond donors (Lipinski definition) is 0. The molecule has 0 radical (unpaired) electrons. The lowest BCUT2D eigenvalue weighted by Crippen LogP contribution is -2.21. The van der Waals surface area contributed by atoms with Crippen molar-refractivity contribution in [2.45, 2.75) is 90.9 Å². The molecule has 0 rings (SSSR count). The molecule has 0 unspecified atom stereocenters. The SMILES string of the molecule is CCC[C@H](CCCCCCCCCCC(=O)[O-])C(C)=O. The van der Waals surface area contributed by atoms with E-state index in [4.69, 9.17) is 0 Å². The zero-order valence-corrected chi connectivity index (χ0v) is 13.3. The van der Waals surface area contributed by atoms with Crippen molar-refractivity contribution < 1.29 is 14.7 Å². The Morgan fingerprint density at radius 2 is 1.35 bits per heavy atom. The Kier molecular flexibility index (Phi) is 12.6. The molecule has 0 amide bonds. The number of unbranched alkanes of at least 4 members (excludes halogenated alkanes) is 7. The van der Waals surface area contributed by atoms with Crippen LogP contribution in [0.1, 0.15) is 90.9 Å². The fraction of sp³-hybridized carbons (Fsp3) is 0.882. The number of carboxylic acid groups (broad SMARTS) is 1. The molecule has 0 spiro atoms. The summed E-state index contributed by atoms with van der Waals surface area (Å²) >= 11 is 0. The quantitative estimate of drug-likeness (QED) is 0.457. The predicted molar refractivity (Wildman–Crippen MR) is 80.3 cm³/mol. The molecule has 0 saturated carbocycles. The van der Waals surface area contributed by atoms with Crippen molar-refractivity contribution in [3.8, 4) is 0 Å². The average molecular weight is 283 g/mol. The van der Waals surface area contributed by atoms with Crippen molar-refractivity contribution in [2.75, 3.05) is 0 Å². The molecule has 0 aromatic rings. The van der Waals surface area contributed by atoms with E-state index in [0.29, 0.717) is 5.78 Å². The van der Waals surface area contributed by atoms with E-state index in [9.17, 15) is 14.7 Å². The van der Waals surface area contributed by atoms with Crippen molar-refractivity contribution >= 4 is 11.8 Å². The highest BCUT2D eigenvalue weighted by atomic mass is 16.4. The Bertz CT molecular complexity index is 261. The first kappa shape index (κ1) is 19.1. The summed E-state index contributed by atoms with van der Waals surface area (Å²) in [4.78, 5) is 21.6. The molecule has 0 saturated heterocycles. The van der Waals surface area contributed by atoms with E-state index >= 15 is 0 Å². The number of carboxylic acids is 1. The standard InChI is InChI=1S/C17H32O3/c1-3-12-16(15(2)18)13-10-8-6-4-5-7-9-11-14-17(19)20/h16H,3-14H2,1-2H3,(H,19,20)/p-1/t16-/m1/s1. The Hall–Kier alpha value is -0.860. The molecule has 0 aliphatic rings. The van der Waals surface area contributed by atoms with Crippen molar-refractivity contribution in [2.24, 2.45) is 5.92 Å². The molecule has 0 fully saturated rings. The Balaban J connectivity index is 3.31. The summed E-state index contributed by atoms with van der Waals surface area (Å²) in [5.74, 6) is -0.304. The summed E-state index contributed by atoms with van der Waals surface area (Å²) in [5.41, 5.74) is 0. The summed E-state index contributed by atoms with van der Waals surface area (Å²) < 4.78 is 0. The Labute approximate surface area is 124 Å². The second-order valence-corrected chi connectivity index (χ2v) is 5.84. The first-order chi connectivity index (χ1) is 9.57. The number of hydrogen-bond acceptors (Lipinski definition) is 3. The van der Waals surface area contributed by atoms with Crippen LogP contribution >= 0.6 is 0 Å². The van der Waals surface area contributed by atoms with Crippen molar-refractivity contribution in [1.29, 1.82) is 0 Å². The lowest BCUT2D eigenvalue weighted by atomic mass is 9.93. The number of rotatable bonds is 14. The van der Waals surface area contributed by atoms with Crippen molar-refractivity contribution in [3.05, 3.63) is 0 Å². The Morgan fingerprint density at radius 3 is 1.80 bits per heavy atom. The van der Waals surface area contributed by atoms with E-state index in [1.54, 1.807) is 6.92 Å². The Morgan fingerprint density at radius 1 is 0.850 bits per heavy atom. The maximum Gasteiger partial charge on any atom is 0.132 e. The van der Waals surface area contributed by atoms with Gasteiger partial charge in [-0.2, -0.15) is 0 Å². The van der Waals surface area contributed by atoms with Gasteiger partial charge in [0.2, 0.25) is 0 Å². The van der Waals surface area contributed by atoms with E-state index < -0.39 is 5.97 Å². The van der Waals surface area contributed by atoms with Gasteiger partial charge in [0.15, 0.2) is 0 Å². The van der Waals surface area contributed by atoms with Crippen LogP contribution in [0.25, 0.3) is 0 Å². The minimum absolute atomic E-state index is 0.198. The average Bonchev–Trinajstić information content (AvgIpc) is 2.39. The molecular weight excluding hydrogens is 252 g/mol. The molecule has 0 N–H and O–H groups in total. The highest BCUT2D eigenvalue weighted by molar-refractivity contribution is 5.78. The lowest BCUT2D eigenvalue weighted by molar-refractivity contribution is -0.305. The molecule has 3 heteroatoms. The number of ketones is 1. The first-order valence-corrected chi connectivity index (χ1v) is 8.28. The van der Waals surface area contributed by atoms with Crippen LogP contribution in [-0.4, -0.2) is 11.8 Å². The molecule has 3 nitrogen and oxygen atoms in total. The van der Waals surface area contributed by atoms with Gasteiger partial charge in [0.1, 0.15) is 5.78 Å². The topological polar surface area (TPSA) is 57.2 Å². The van der Waals surface area contributed by atoms with E-state index in [0.717, 1.165) is 44.9 Å². The molecule has 0 aliphatic carbocycles. The zero-order valence-electron chi connectivity index (χ0n) is 13.3. The van der Waals surface area contributed by atoms with Gasteiger partial charge >= 0.3 is 0 Å². The molecule has 1 atom stereocenters. The molecule has 0 aromatic carbocycles. The fourth-order valence-corrected chi connectivity index (χ4v) is 2.62. The van der Waals surface area contributed by atoms with Crippen LogP contribution in [0.15, 0.2) is 0 Å². The van der Waals surface area contributed by atoms with Gasteiger partial charge < -0.3 is 9.90 Å². The monoisotopic (exact) mass is 283 g/mol. The maximum absolute atomic E-state index is 11.4. The third-order valence-electron chi connectivity index (χ3n) is 3.90. The number of Topliss-reactive ketones (excluding diaryl/α,β-unsaturated/α-hetero) is 1. The lowest BCUT2D eigenvalue weighted by Gasteiger charge is -2.12. The van der Waals surface area contributed by atoms with Crippen LogP contribution in [0.4, 0.5) is 0 Å². The minimum atomic E-state index is -0.933. The molecule has 118 valence electrons. The van der Waals surface area contributed by atoms with E-state index in [1.807, 2.05) is 0 Å². The van der Waals surface area contributed by atoms with Crippen molar-refractivity contribution in [3.63, 3.8) is 0 Å². The van der Waals surface area contributed by atoms with E-state index in [2.05, 4.69) is 6.92 Å². The van der Waals surface area contributed by atoms with Crippen LogP contribution < -0.4 is 5.11 Å². The number of carbonyl (C=O) groups excluding carboxylic acids is 2. The molecule has 0 aliphatic heterocycles. The van der Waals surface area contributed by atoms with E-state index in [1.165, 1.54) is 25.7 Å². The molecule has 0 heterocycles. The van der Waals surface area contributed by atoms with Gasteiger partial charge in [0.25, 0.3) is 0 Å². The second-order valence-electron chi connectivity index (χ2n) is 5.84. The molecule has 0 bridgehead atoms. The molecule has 0 aromatic heterocycles. The van der Waals surface area contributed by atoms with Crippen LogP contribution in [0, 0.1) is 5.92 Å². The summed E-state index contributed by atoms with van der Waals surface area (Å²) in [6.07, 6.45) is 12.3. The van der Waals surface area contributed by atoms with Gasteiger partial charge in [0, 0.05) is 11.9 Å². The number of carbonyl (C=O) groups is 2. The van der Waals surface area contributed by atoms with Gasteiger partial charge in [-0.05, 0) is 32.6 Å². The van der Waals surface area contributed by atoms with Gasteiger partial charge in [-0.25, -0.2) is 0 Å². The van der Waals surface area contributed by atoms with Crippen LogP contribution in [0.3, 0.4) is 0 Å². The highest BCUT2D eigenvalue weighted by Gasteiger charge is 2.11. The predicted octanol–water partition coefficient (Wildman–Crippen LogP) is 3.64. The molecular formula is C17H31O3-. The highest BCUT2D eigenvalue weighted by Crippen LogP contribution is 2.18. The summed E-state index contributed by atoms with van der Waals surface area (Å²) in [6.45, 7) is 3.85. The smallest absolute Gasteiger partial charge is 0.132 e. The molecule has 20 heavy (non-hydrogen) atoms. The first-order valence-electron chi connectivity index (χ1n) is 8.28. The van der Waals surface area contributed by atoms with Gasteiger partial charge in [-0.3, -0.25) is 4.79 Å². The zero-order chi connectivity index (χ0) is 15.2. The maximum atomic E-state index is 11.4. The van der Waals surface area contributed by atoms with Gasteiger partial charge in [-0.1, -0.05) is 58.3 Å². The normalized spacial score (nSPS) is 12.3. The third kappa shape index (κ3) is 12.2. The summed E-state index contributed by atoms with van der Waals surface area (Å²) in [6, 6.07) is 0. The number of aliphatic carboxylic acids is 1. The van der Waals surface area contributed by atoms with Gasteiger partial charge in [-0.15, -0.1) is 0 Å². The minimum Gasteiger partial charge on any atom is -0.550 e. The third-order valence-corrected chi connectivity index (χ3v) is 3.90. The second kappa shape index (κ2) is 13.1. The summed E-state index contributed by atoms with van der Waals surface area (Å²) in [7, 11) is 0. The summed E-state index contributed by atoms with van der Waals surface area (Å²) in [5, 5.41) is 10.2.